The number of hydrogen-bond acceptors (Lipinski definition) is 2. The molecule has 2 aliphatic rings. The van der Waals surface area contributed by atoms with E-state index >= 15 is 0 Å². The van der Waals surface area contributed by atoms with Crippen LogP contribution in [0.1, 0.15) is 43.6 Å². The van der Waals surface area contributed by atoms with Gasteiger partial charge in [-0.2, -0.15) is 0 Å². The van der Waals surface area contributed by atoms with Gasteiger partial charge in [0.25, 0.3) is 0 Å². The van der Waals surface area contributed by atoms with Gasteiger partial charge in [-0.1, -0.05) is 30.2 Å². The van der Waals surface area contributed by atoms with E-state index in [1.165, 1.54) is 12.0 Å². The van der Waals surface area contributed by atoms with Crippen molar-refractivity contribution in [2.45, 2.75) is 38.0 Å². The number of benzene rings is 1. The maximum Gasteiger partial charge on any atom is 0.225 e. The predicted molar refractivity (Wildman–Crippen MR) is 88.2 cm³/mol. The lowest BCUT2D eigenvalue weighted by atomic mass is 9.93. The van der Waals surface area contributed by atoms with Crippen molar-refractivity contribution in [3.63, 3.8) is 0 Å². The summed E-state index contributed by atoms with van der Waals surface area (Å²) in [5, 5.41) is 0.771. The Morgan fingerprint density at radius 1 is 1.09 bits per heavy atom. The van der Waals surface area contributed by atoms with Crippen molar-refractivity contribution >= 4 is 17.5 Å². The lowest BCUT2D eigenvalue weighted by Crippen LogP contribution is -2.40. The SMILES string of the molecule is O=C(C1CCOCC1)N1CCCCC(c2ccc(Cl)cc2)C1. The van der Waals surface area contributed by atoms with Crippen LogP contribution in [0.2, 0.25) is 5.02 Å². The van der Waals surface area contributed by atoms with Crippen molar-refractivity contribution in [3.05, 3.63) is 34.9 Å². The number of rotatable bonds is 2. The smallest absolute Gasteiger partial charge is 0.225 e. The monoisotopic (exact) mass is 321 g/mol. The fraction of sp³-hybridized carbons (Fsp3) is 0.611. The zero-order valence-electron chi connectivity index (χ0n) is 13.0. The highest BCUT2D eigenvalue weighted by Crippen LogP contribution is 2.29. The first-order valence-electron chi connectivity index (χ1n) is 8.36. The lowest BCUT2D eigenvalue weighted by molar-refractivity contribution is -0.138. The number of likely N-dealkylation sites (tertiary alicyclic amines) is 1. The molecule has 3 nitrogen and oxygen atoms in total. The summed E-state index contributed by atoms with van der Waals surface area (Å²) in [5.41, 5.74) is 1.30. The van der Waals surface area contributed by atoms with Crippen LogP contribution in [0.4, 0.5) is 0 Å². The Balaban J connectivity index is 1.69. The molecule has 2 fully saturated rings. The van der Waals surface area contributed by atoms with Crippen LogP contribution in [0.15, 0.2) is 24.3 Å². The second-order valence-corrected chi connectivity index (χ2v) is 6.85. The molecule has 1 aromatic rings. The molecule has 0 aliphatic carbocycles. The van der Waals surface area contributed by atoms with E-state index in [1.54, 1.807) is 0 Å². The molecule has 0 N–H and O–H groups in total. The van der Waals surface area contributed by atoms with Crippen LogP contribution in [0.25, 0.3) is 0 Å². The maximum absolute atomic E-state index is 12.8. The molecule has 2 aliphatic heterocycles. The number of nitrogens with zero attached hydrogens (tertiary/aromatic N) is 1. The van der Waals surface area contributed by atoms with E-state index in [9.17, 15) is 4.79 Å². The number of hydrogen-bond donors (Lipinski definition) is 0. The highest BCUT2D eigenvalue weighted by atomic mass is 35.5. The maximum atomic E-state index is 12.8. The second kappa shape index (κ2) is 7.47. The van der Waals surface area contributed by atoms with E-state index in [1.807, 2.05) is 12.1 Å². The summed E-state index contributed by atoms with van der Waals surface area (Å²) in [5.74, 6) is 0.936. The minimum atomic E-state index is 0.165. The number of ether oxygens (including phenoxy) is 1. The lowest BCUT2D eigenvalue weighted by Gasteiger charge is -2.30. The predicted octanol–water partition coefficient (Wildman–Crippen LogP) is 3.86. The van der Waals surface area contributed by atoms with Gasteiger partial charge in [0.05, 0.1) is 0 Å². The molecular formula is C18H24ClNO2. The first kappa shape index (κ1) is 15.8. The molecule has 22 heavy (non-hydrogen) atoms. The molecule has 0 radical (unpaired) electrons. The van der Waals surface area contributed by atoms with Gasteiger partial charge in [-0.15, -0.1) is 0 Å². The number of carbonyl (C=O) groups is 1. The third kappa shape index (κ3) is 3.82. The Hall–Kier alpha value is -1.06. The summed E-state index contributed by atoms with van der Waals surface area (Å²) < 4.78 is 5.38. The molecule has 120 valence electrons. The Morgan fingerprint density at radius 2 is 1.82 bits per heavy atom. The number of amides is 1. The average molecular weight is 322 g/mol. The van der Waals surface area contributed by atoms with Gasteiger partial charge in [0.15, 0.2) is 0 Å². The summed E-state index contributed by atoms with van der Waals surface area (Å²) in [4.78, 5) is 14.9. The fourth-order valence-corrected chi connectivity index (χ4v) is 3.68. The van der Waals surface area contributed by atoms with Crippen molar-refractivity contribution in [1.29, 1.82) is 0 Å². The van der Waals surface area contributed by atoms with Crippen LogP contribution >= 0.6 is 11.6 Å². The van der Waals surface area contributed by atoms with Crippen LogP contribution in [0.3, 0.4) is 0 Å². The Labute approximate surface area is 137 Å². The van der Waals surface area contributed by atoms with E-state index < -0.39 is 0 Å². The molecule has 0 saturated carbocycles. The molecule has 0 spiro atoms. The van der Waals surface area contributed by atoms with E-state index in [0.29, 0.717) is 11.8 Å². The van der Waals surface area contributed by atoms with Crippen LogP contribution < -0.4 is 0 Å². The normalized spacial score (nSPS) is 24.0. The molecule has 3 rings (SSSR count). The first-order chi connectivity index (χ1) is 10.7. The molecule has 2 saturated heterocycles. The third-order valence-corrected chi connectivity index (χ3v) is 5.15. The quantitative estimate of drug-likeness (QED) is 0.827. The summed E-state index contributed by atoms with van der Waals surface area (Å²) in [6.45, 7) is 3.20. The molecular weight excluding hydrogens is 298 g/mol. The van der Waals surface area contributed by atoms with Crippen LogP contribution in [0.5, 0.6) is 0 Å². The number of halogens is 1. The van der Waals surface area contributed by atoms with Gasteiger partial charge >= 0.3 is 0 Å². The highest BCUT2D eigenvalue weighted by molar-refractivity contribution is 6.30. The molecule has 1 unspecified atom stereocenters. The first-order valence-corrected chi connectivity index (χ1v) is 8.74. The molecule has 0 aromatic heterocycles. The van der Waals surface area contributed by atoms with Gasteiger partial charge in [0.2, 0.25) is 5.91 Å². The summed E-state index contributed by atoms with van der Waals surface area (Å²) in [6.07, 6.45) is 5.20. The average Bonchev–Trinajstić information content (AvgIpc) is 2.82. The molecule has 2 heterocycles. The topological polar surface area (TPSA) is 29.5 Å². The van der Waals surface area contributed by atoms with E-state index in [4.69, 9.17) is 16.3 Å². The summed E-state index contributed by atoms with van der Waals surface area (Å²) in [6, 6.07) is 8.11. The molecule has 1 atom stereocenters. The van der Waals surface area contributed by atoms with Crippen molar-refractivity contribution in [2.24, 2.45) is 5.92 Å². The zero-order valence-corrected chi connectivity index (χ0v) is 13.7. The van der Waals surface area contributed by atoms with E-state index in [0.717, 1.165) is 57.0 Å². The van der Waals surface area contributed by atoms with Gasteiger partial charge in [-0.3, -0.25) is 4.79 Å². The van der Waals surface area contributed by atoms with Crippen molar-refractivity contribution < 1.29 is 9.53 Å². The standard InChI is InChI=1S/C18H24ClNO2/c19-17-6-4-14(5-7-17)16-3-1-2-10-20(13-16)18(21)15-8-11-22-12-9-15/h4-7,15-16H,1-3,8-13H2. The Kier molecular flexibility index (Phi) is 5.37. The van der Waals surface area contributed by atoms with Gasteiger partial charge in [0.1, 0.15) is 0 Å². The van der Waals surface area contributed by atoms with Crippen LogP contribution in [-0.2, 0) is 9.53 Å². The zero-order chi connectivity index (χ0) is 15.4. The van der Waals surface area contributed by atoms with Crippen LogP contribution in [0, 0.1) is 5.92 Å². The van der Waals surface area contributed by atoms with Gasteiger partial charge in [-0.25, -0.2) is 0 Å². The minimum absolute atomic E-state index is 0.165. The third-order valence-electron chi connectivity index (χ3n) is 4.90. The van der Waals surface area contributed by atoms with Crippen molar-refractivity contribution in [2.75, 3.05) is 26.3 Å². The highest BCUT2D eigenvalue weighted by Gasteiger charge is 2.29. The summed E-state index contributed by atoms with van der Waals surface area (Å²) >= 11 is 5.99. The molecule has 4 heteroatoms. The molecule has 1 aromatic carbocycles. The van der Waals surface area contributed by atoms with Gasteiger partial charge in [0, 0.05) is 43.2 Å². The summed E-state index contributed by atoms with van der Waals surface area (Å²) in [7, 11) is 0. The Morgan fingerprint density at radius 3 is 2.55 bits per heavy atom. The van der Waals surface area contributed by atoms with Crippen molar-refractivity contribution in [3.8, 4) is 0 Å². The van der Waals surface area contributed by atoms with Gasteiger partial charge < -0.3 is 9.64 Å². The fourth-order valence-electron chi connectivity index (χ4n) is 3.55. The van der Waals surface area contributed by atoms with E-state index in [-0.39, 0.29) is 5.92 Å². The van der Waals surface area contributed by atoms with Crippen molar-refractivity contribution in [1.82, 2.24) is 4.90 Å². The molecule has 1 amide bonds. The largest absolute Gasteiger partial charge is 0.381 e. The molecule has 0 bridgehead atoms. The van der Waals surface area contributed by atoms with E-state index in [2.05, 4.69) is 17.0 Å². The number of carbonyl (C=O) groups excluding carboxylic acids is 1. The Bertz CT molecular complexity index is 496. The second-order valence-electron chi connectivity index (χ2n) is 6.42. The van der Waals surface area contributed by atoms with Gasteiger partial charge in [-0.05, 0) is 43.4 Å². The van der Waals surface area contributed by atoms with Crippen LogP contribution in [-0.4, -0.2) is 37.1 Å². The minimum Gasteiger partial charge on any atom is -0.381 e.